The van der Waals surface area contributed by atoms with Gasteiger partial charge in [-0.2, -0.15) is 0 Å². The monoisotopic (exact) mass is 224 g/mol. The SMILES string of the molecule is CCCCC(Cc1ccc(F)cc1C)NN. The molecule has 16 heavy (non-hydrogen) atoms. The number of rotatable bonds is 6. The fourth-order valence-corrected chi connectivity index (χ4v) is 1.85. The number of hydrogen-bond acceptors (Lipinski definition) is 2. The summed E-state index contributed by atoms with van der Waals surface area (Å²) in [6, 6.07) is 5.21. The number of benzene rings is 1. The van der Waals surface area contributed by atoms with Gasteiger partial charge in [0.15, 0.2) is 0 Å². The maximum absolute atomic E-state index is 12.9. The van der Waals surface area contributed by atoms with Crippen LogP contribution in [0, 0.1) is 12.7 Å². The van der Waals surface area contributed by atoms with E-state index in [1.807, 2.05) is 13.0 Å². The van der Waals surface area contributed by atoms with Gasteiger partial charge in [-0.25, -0.2) is 4.39 Å². The Hall–Kier alpha value is -0.930. The van der Waals surface area contributed by atoms with E-state index in [0.29, 0.717) is 0 Å². The van der Waals surface area contributed by atoms with E-state index < -0.39 is 0 Å². The maximum Gasteiger partial charge on any atom is 0.123 e. The largest absolute Gasteiger partial charge is 0.271 e. The van der Waals surface area contributed by atoms with Crippen molar-refractivity contribution in [1.82, 2.24) is 5.43 Å². The van der Waals surface area contributed by atoms with Crippen molar-refractivity contribution in [2.24, 2.45) is 5.84 Å². The van der Waals surface area contributed by atoms with Crippen molar-refractivity contribution in [2.75, 3.05) is 0 Å². The van der Waals surface area contributed by atoms with Gasteiger partial charge in [-0.15, -0.1) is 0 Å². The minimum atomic E-state index is -0.174. The predicted octanol–water partition coefficient (Wildman–Crippen LogP) is 2.70. The van der Waals surface area contributed by atoms with Crippen LogP contribution in [0.2, 0.25) is 0 Å². The first-order valence-corrected chi connectivity index (χ1v) is 5.88. The molecule has 0 aliphatic heterocycles. The quantitative estimate of drug-likeness (QED) is 0.576. The van der Waals surface area contributed by atoms with Crippen LogP contribution < -0.4 is 11.3 Å². The predicted molar refractivity (Wildman–Crippen MR) is 65.5 cm³/mol. The highest BCUT2D eigenvalue weighted by atomic mass is 19.1. The second-order valence-electron chi connectivity index (χ2n) is 4.28. The summed E-state index contributed by atoms with van der Waals surface area (Å²) in [4.78, 5) is 0. The summed E-state index contributed by atoms with van der Waals surface area (Å²) in [5.41, 5.74) is 5.00. The number of unbranched alkanes of at least 4 members (excludes halogenated alkanes) is 1. The molecular formula is C13H21FN2. The van der Waals surface area contributed by atoms with Gasteiger partial charge in [-0.1, -0.05) is 25.8 Å². The van der Waals surface area contributed by atoms with Crippen LogP contribution in [0.5, 0.6) is 0 Å². The van der Waals surface area contributed by atoms with Crippen LogP contribution in [-0.2, 0) is 6.42 Å². The molecule has 3 heteroatoms. The Morgan fingerprint density at radius 2 is 2.19 bits per heavy atom. The first kappa shape index (κ1) is 13.1. The summed E-state index contributed by atoms with van der Waals surface area (Å²) in [5, 5.41) is 0. The lowest BCUT2D eigenvalue weighted by atomic mass is 9.98. The summed E-state index contributed by atoms with van der Waals surface area (Å²) >= 11 is 0. The lowest BCUT2D eigenvalue weighted by Crippen LogP contribution is -2.36. The Morgan fingerprint density at radius 1 is 1.44 bits per heavy atom. The molecule has 0 aromatic heterocycles. The summed E-state index contributed by atoms with van der Waals surface area (Å²) in [6.45, 7) is 4.10. The van der Waals surface area contributed by atoms with E-state index in [4.69, 9.17) is 5.84 Å². The molecule has 2 nitrogen and oxygen atoms in total. The Morgan fingerprint density at radius 3 is 2.75 bits per heavy atom. The fourth-order valence-electron chi connectivity index (χ4n) is 1.85. The van der Waals surface area contributed by atoms with Gasteiger partial charge in [0.2, 0.25) is 0 Å². The molecule has 0 heterocycles. The summed E-state index contributed by atoms with van der Waals surface area (Å²) in [5.74, 6) is 5.34. The van der Waals surface area contributed by atoms with E-state index in [1.165, 1.54) is 18.1 Å². The third kappa shape index (κ3) is 3.91. The molecule has 0 spiro atoms. The van der Waals surface area contributed by atoms with Crippen molar-refractivity contribution in [2.45, 2.75) is 45.6 Å². The molecule has 90 valence electrons. The van der Waals surface area contributed by atoms with E-state index in [-0.39, 0.29) is 11.9 Å². The van der Waals surface area contributed by atoms with Gasteiger partial charge >= 0.3 is 0 Å². The zero-order valence-electron chi connectivity index (χ0n) is 10.1. The molecule has 3 N–H and O–H groups in total. The summed E-state index contributed by atoms with van der Waals surface area (Å²) < 4.78 is 12.9. The first-order chi connectivity index (χ1) is 7.67. The number of hydrazine groups is 1. The normalized spacial score (nSPS) is 12.8. The molecule has 0 amide bonds. The van der Waals surface area contributed by atoms with Gasteiger partial charge < -0.3 is 0 Å². The number of nitrogens with two attached hydrogens (primary N) is 1. The van der Waals surface area contributed by atoms with E-state index >= 15 is 0 Å². The number of halogens is 1. The molecule has 0 fully saturated rings. The zero-order valence-corrected chi connectivity index (χ0v) is 10.1. The molecule has 1 rings (SSSR count). The molecular weight excluding hydrogens is 203 g/mol. The molecule has 1 unspecified atom stereocenters. The highest BCUT2D eigenvalue weighted by molar-refractivity contribution is 5.27. The van der Waals surface area contributed by atoms with Gasteiger partial charge in [0.1, 0.15) is 5.82 Å². The van der Waals surface area contributed by atoms with Crippen molar-refractivity contribution >= 4 is 0 Å². The molecule has 0 saturated carbocycles. The Kier molecular flexibility index (Phi) is 5.43. The highest BCUT2D eigenvalue weighted by Gasteiger charge is 2.09. The smallest absolute Gasteiger partial charge is 0.123 e. The summed E-state index contributed by atoms with van der Waals surface area (Å²) in [6.07, 6.45) is 4.25. The van der Waals surface area contributed by atoms with E-state index in [9.17, 15) is 4.39 Å². The molecule has 0 radical (unpaired) electrons. The third-order valence-corrected chi connectivity index (χ3v) is 2.91. The van der Waals surface area contributed by atoms with Crippen LogP contribution in [-0.4, -0.2) is 6.04 Å². The topological polar surface area (TPSA) is 38.0 Å². The number of aryl methyl sites for hydroxylation is 1. The van der Waals surface area contributed by atoms with Crippen LogP contribution in [0.25, 0.3) is 0 Å². The molecule has 1 aromatic rings. The van der Waals surface area contributed by atoms with Gasteiger partial charge in [0.05, 0.1) is 0 Å². The van der Waals surface area contributed by atoms with Crippen molar-refractivity contribution < 1.29 is 4.39 Å². The Labute approximate surface area is 97.0 Å². The molecule has 0 bridgehead atoms. The minimum Gasteiger partial charge on any atom is -0.271 e. The molecule has 0 saturated heterocycles. The van der Waals surface area contributed by atoms with Gasteiger partial charge in [-0.3, -0.25) is 11.3 Å². The van der Waals surface area contributed by atoms with E-state index in [0.717, 1.165) is 24.8 Å². The average molecular weight is 224 g/mol. The Balaban J connectivity index is 2.62. The Bertz CT molecular complexity index is 326. The number of nitrogens with one attached hydrogen (secondary N) is 1. The average Bonchev–Trinajstić information content (AvgIpc) is 2.27. The van der Waals surface area contributed by atoms with Crippen LogP contribution in [0.3, 0.4) is 0 Å². The standard InChI is InChI=1S/C13H21FN2/c1-3-4-5-13(16-15)9-11-6-7-12(14)8-10(11)2/h6-8,13,16H,3-5,9,15H2,1-2H3. The number of hydrogen-bond donors (Lipinski definition) is 2. The maximum atomic E-state index is 12.9. The highest BCUT2D eigenvalue weighted by Crippen LogP contribution is 2.14. The van der Waals surface area contributed by atoms with Crippen LogP contribution in [0.4, 0.5) is 4.39 Å². The zero-order chi connectivity index (χ0) is 12.0. The van der Waals surface area contributed by atoms with Crippen molar-refractivity contribution in [3.05, 3.63) is 35.1 Å². The second kappa shape index (κ2) is 6.61. The van der Waals surface area contributed by atoms with Gasteiger partial charge in [0.25, 0.3) is 0 Å². The minimum absolute atomic E-state index is 0.174. The molecule has 0 aliphatic rings. The lowest BCUT2D eigenvalue weighted by molar-refractivity contribution is 0.472. The lowest BCUT2D eigenvalue weighted by Gasteiger charge is -2.16. The van der Waals surface area contributed by atoms with Crippen LogP contribution in [0.1, 0.15) is 37.3 Å². The van der Waals surface area contributed by atoms with Crippen molar-refractivity contribution in [3.63, 3.8) is 0 Å². The van der Waals surface area contributed by atoms with Crippen molar-refractivity contribution in [1.29, 1.82) is 0 Å². The van der Waals surface area contributed by atoms with Crippen LogP contribution in [0.15, 0.2) is 18.2 Å². The molecule has 1 atom stereocenters. The van der Waals surface area contributed by atoms with E-state index in [2.05, 4.69) is 12.3 Å². The van der Waals surface area contributed by atoms with Crippen molar-refractivity contribution in [3.8, 4) is 0 Å². The van der Waals surface area contributed by atoms with E-state index in [1.54, 1.807) is 6.07 Å². The fraction of sp³-hybridized carbons (Fsp3) is 0.538. The molecule has 0 aliphatic carbocycles. The molecule has 1 aromatic carbocycles. The van der Waals surface area contributed by atoms with Gasteiger partial charge in [-0.05, 0) is 43.0 Å². The van der Waals surface area contributed by atoms with Gasteiger partial charge in [0, 0.05) is 6.04 Å². The van der Waals surface area contributed by atoms with Crippen LogP contribution >= 0.6 is 0 Å². The second-order valence-corrected chi connectivity index (χ2v) is 4.28. The first-order valence-electron chi connectivity index (χ1n) is 5.88. The summed E-state index contributed by atoms with van der Waals surface area (Å²) in [7, 11) is 0. The third-order valence-electron chi connectivity index (χ3n) is 2.91.